The number of rotatable bonds is 3. The number of aromatic nitrogens is 1. The molecule has 1 N–H and O–H groups in total. The van der Waals surface area contributed by atoms with Gasteiger partial charge in [-0.1, -0.05) is 24.1 Å². The van der Waals surface area contributed by atoms with Crippen LogP contribution in [0.5, 0.6) is 0 Å². The number of piperidine rings is 2. The van der Waals surface area contributed by atoms with E-state index >= 15 is 0 Å². The lowest BCUT2D eigenvalue weighted by molar-refractivity contribution is -0.141. The predicted molar refractivity (Wildman–Crippen MR) is 105 cm³/mol. The van der Waals surface area contributed by atoms with Crippen molar-refractivity contribution in [3.05, 3.63) is 36.0 Å². The highest BCUT2D eigenvalue weighted by atomic mass is 16.2. The monoisotopic (exact) mass is 349 g/mol. The van der Waals surface area contributed by atoms with Crippen molar-refractivity contribution in [1.82, 2.24) is 14.8 Å². The first kappa shape index (κ1) is 17.2. The van der Waals surface area contributed by atoms with Gasteiger partial charge in [0.1, 0.15) is 0 Å². The number of nitrogens with one attached hydrogen (secondary N) is 1. The van der Waals surface area contributed by atoms with Crippen LogP contribution < -0.4 is 0 Å². The number of likely N-dealkylation sites (tertiary alicyclic amines) is 2. The highest BCUT2D eigenvalue weighted by molar-refractivity contribution is 5.82. The van der Waals surface area contributed by atoms with Crippen LogP contribution in [0.3, 0.4) is 0 Å². The summed E-state index contributed by atoms with van der Waals surface area (Å²) >= 11 is 0. The number of aromatic amines is 1. The lowest BCUT2D eigenvalue weighted by Gasteiger charge is -2.39. The van der Waals surface area contributed by atoms with E-state index in [2.05, 4.69) is 51.0 Å². The van der Waals surface area contributed by atoms with Gasteiger partial charge >= 0.3 is 0 Å². The summed E-state index contributed by atoms with van der Waals surface area (Å²) in [5.41, 5.74) is 2.34. The fourth-order valence-electron chi connectivity index (χ4n) is 4.50. The molecule has 4 heteroatoms. The maximum atomic E-state index is 13.3. The Hall–Kier alpha value is -2.25. The van der Waals surface area contributed by atoms with Gasteiger partial charge in [0, 0.05) is 23.7 Å². The molecule has 0 bridgehead atoms. The van der Waals surface area contributed by atoms with E-state index in [1.807, 2.05) is 0 Å². The molecule has 136 valence electrons. The van der Waals surface area contributed by atoms with Crippen molar-refractivity contribution in [1.29, 1.82) is 0 Å². The Kier molecular flexibility index (Phi) is 4.99. The molecule has 1 aromatic heterocycles. The molecule has 2 aromatic rings. The van der Waals surface area contributed by atoms with Crippen molar-refractivity contribution < 1.29 is 4.79 Å². The van der Waals surface area contributed by atoms with E-state index in [0.29, 0.717) is 12.5 Å². The van der Waals surface area contributed by atoms with Gasteiger partial charge in [-0.2, -0.15) is 0 Å². The first-order valence-corrected chi connectivity index (χ1v) is 9.80. The van der Waals surface area contributed by atoms with Gasteiger partial charge in [-0.25, -0.2) is 0 Å². The molecule has 4 nitrogen and oxygen atoms in total. The van der Waals surface area contributed by atoms with Crippen molar-refractivity contribution in [2.45, 2.75) is 38.1 Å². The quantitative estimate of drug-likeness (QED) is 0.861. The van der Waals surface area contributed by atoms with Crippen LogP contribution in [0.1, 0.15) is 43.8 Å². The predicted octanol–water partition coefficient (Wildman–Crippen LogP) is 3.57. The van der Waals surface area contributed by atoms with Gasteiger partial charge in [0.2, 0.25) is 5.91 Å². The van der Waals surface area contributed by atoms with Crippen LogP contribution in [-0.2, 0) is 4.79 Å². The topological polar surface area (TPSA) is 39.3 Å². The maximum absolute atomic E-state index is 13.3. The van der Waals surface area contributed by atoms with Gasteiger partial charge < -0.3 is 9.88 Å². The zero-order chi connectivity index (χ0) is 17.9. The summed E-state index contributed by atoms with van der Waals surface area (Å²) in [7, 11) is 0. The van der Waals surface area contributed by atoms with Gasteiger partial charge in [0.05, 0.1) is 12.6 Å². The van der Waals surface area contributed by atoms with Crippen molar-refractivity contribution in [2.75, 3.05) is 26.2 Å². The molecule has 0 aliphatic carbocycles. The normalized spacial score (nSPS) is 22.4. The van der Waals surface area contributed by atoms with Crippen molar-refractivity contribution in [3.63, 3.8) is 0 Å². The number of amides is 1. The molecule has 2 saturated heterocycles. The molecule has 0 spiro atoms. The zero-order valence-electron chi connectivity index (χ0n) is 15.3. The van der Waals surface area contributed by atoms with E-state index in [-0.39, 0.29) is 12.0 Å². The van der Waals surface area contributed by atoms with Crippen LogP contribution in [0.15, 0.2) is 30.3 Å². The number of hydrogen-bond donors (Lipinski definition) is 1. The van der Waals surface area contributed by atoms with E-state index < -0.39 is 0 Å². The second-order valence-corrected chi connectivity index (χ2v) is 7.61. The second-order valence-electron chi connectivity index (χ2n) is 7.61. The number of para-hydroxylation sites is 1. The summed E-state index contributed by atoms with van der Waals surface area (Å²) in [6.45, 7) is 3.45. The van der Waals surface area contributed by atoms with Crippen LogP contribution in [0.25, 0.3) is 10.9 Å². The van der Waals surface area contributed by atoms with Crippen LogP contribution >= 0.6 is 0 Å². The molecule has 1 amide bonds. The number of hydrogen-bond acceptors (Lipinski definition) is 2. The Labute approximate surface area is 155 Å². The molecule has 2 aliphatic rings. The van der Waals surface area contributed by atoms with Crippen LogP contribution in [-0.4, -0.2) is 46.9 Å². The molecule has 2 aliphatic heterocycles. The third-order valence-corrected chi connectivity index (χ3v) is 5.95. The van der Waals surface area contributed by atoms with Crippen LogP contribution in [0.2, 0.25) is 0 Å². The highest BCUT2D eigenvalue weighted by Gasteiger charge is 2.34. The standard InChI is InChI=1S/C22H27N3O/c1-2-12-24-14-10-17(11-15-24)22(26)25-13-6-5-9-21(25)20-16-18-7-3-4-8-19(18)23-20/h1,3-4,7-8,16-17,21,23H,5-6,9-15H2. The summed E-state index contributed by atoms with van der Waals surface area (Å²) in [5.74, 6) is 3.20. The van der Waals surface area contributed by atoms with E-state index in [0.717, 1.165) is 50.8 Å². The number of carbonyl (C=O) groups excluding carboxylic acids is 1. The highest BCUT2D eigenvalue weighted by Crippen LogP contribution is 2.34. The van der Waals surface area contributed by atoms with E-state index in [9.17, 15) is 4.79 Å². The molecule has 1 atom stereocenters. The summed E-state index contributed by atoms with van der Waals surface area (Å²) in [6, 6.07) is 10.8. The van der Waals surface area contributed by atoms with Crippen molar-refractivity contribution in [3.8, 4) is 12.3 Å². The van der Waals surface area contributed by atoms with Crippen LogP contribution in [0.4, 0.5) is 0 Å². The molecule has 0 saturated carbocycles. The van der Waals surface area contributed by atoms with Gasteiger partial charge in [0.15, 0.2) is 0 Å². The molecular weight excluding hydrogens is 322 g/mol. The average molecular weight is 349 g/mol. The van der Waals surface area contributed by atoms with E-state index in [1.54, 1.807) is 0 Å². The number of fused-ring (bicyclic) bond motifs is 1. The second kappa shape index (κ2) is 7.55. The van der Waals surface area contributed by atoms with Gasteiger partial charge in [-0.05, 0) is 62.7 Å². The Morgan fingerprint density at radius 2 is 1.96 bits per heavy atom. The summed E-state index contributed by atoms with van der Waals surface area (Å²) < 4.78 is 0. The van der Waals surface area contributed by atoms with Crippen LogP contribution in [0, 0.1) is 18.3 Å². The van der Waals surface area contributed by atoms with E-state index in [4.69, 9.17) is 6.42 Å². The Morgan fingerprint density at radius 3 is 2.73 bits per heavy atom. The lowest BCUT2D eigenvalue weighted by atomic mass is 9.91. The largest absolute Gasteiger partial charge is 0.357 e. The Morgan fingerprint density at radius 1 is 1.15 bits per heavy atom. The minimum Gasteiger partial charge on any atom is -0.357 e. The molecule has 2 fully saturated rings. The number of H-pyrrole nitrogens is 1. The van der Waals surface area contributed by atoms with Gasteiger partial charge in [0.25, 0.3) is 0 Å². The van der Waals surface area contributed by atoms with Crippen molar-refractivity contribution >= 4 is 16.8 Å². The fourth-order valence-corrected chi connectivity index (χ4v) is 4.50. The lowest BCUT2D eigenvalue weighted by Crippen LogP contribution is -2.45. The van der Waals surface area contributed by atoms with Gasteiger partial charge in [-0.15, -0.1) is 6.42 Å². The van der Waals surface area contributed by atoms with Gasteiger partial charge in [-0.3, -0.25) is 9.69 Å². The molecule has 1 aromatic carbocycles. The third kappa shape index (κ3) is 3.37. The molecule has 26 heavy (non-hydrogen) atoms. The molecule has 0 radical (unpaired) electrons. The SMILES string of the molecule is C#CCN1CCC(C(=O)N2CCCCC2c2cc3ccccc3[nH]2)CC1. The number of benzene rings is 1. The minimum absolute atomic E-state index is 0.147. The molecule has 3 heterocycles. The van der Waals surface area contributed by atoms with E-state index in [1.165, 1.54) is 17.5 Å². The fraction of sp³-hybridized carbons (Fsp3) is 0.500. The Bertz CT molecular complexity index is 777. The molecular formula is C22H27N3O. The number of terminal acetylenes is 1. The summed E-state index contributed by atoms with van der Waals surface area (Å²) in [5, 5.41) is 1.23. The van der Waals surface area contributed by atoms with Crippen molar-refractivity contribution in [2.24, 2.45) is 5.92 Å². The molecule has 1 unspecified atom stereocenters. The Balaban J connectivity index is 1.50. The minimum atomic E-state index is 0.147. The number of carbonyl (C=O) groups is 1. The molecule has 4 rings (SSSR count). The average Bonchev–Trinajstić information content (AvgIpc) is 3.12. The summed E-state index contributed by atoms with van der Waals surface area (Å²) in [6.07, 6.45) is 10.6. The smallest absolute Gasteiger partial charge is 0.226 e. The number of nitrogens with zero attached hydrogens (tertiary/aromatic N) is 2. The first-order chi connectivity index (χ1) is 12.8. The maximum Gasteiger partial charge on any atom is 0.226 e. The zero-order valence-corrected chi connectivity index (χ0v) is 15.3. The first-order valence-electron chi connectivity index (χ1n) is 9.80. The summed E-state index contributed by atoms with van der Waals surface area (Å²) in [4.78, 5) is 21.2. The third-order valence-electron chi connectivity index (χ3n) is 5.95.